The van der Waals surface area contributed by atoms with Crippen molar-refractivity contribution in [2.75, 3.05) is 12.8 Å². The molecule has 100 valence electrons. The number of hydrogen-bond donors (Lipinski definition) is 2. The van der Waals surface area contributed by atoms with Crippen molar-refractivity contribution in [1.82, 2.24) is 10.2 Å². The molecule has 1 heterocycles. The molecule has 4 heteroatoms. The van der Waals surface area contributed by atoms with Gasteiger partial charge in [-0.25, -0.2) is 0 Å². The fourth-order valence-electron chi connectivity index (χ4n) is 2.49. The number of H-pyrrole nitrogens is 1. The van der Waals surface area contributed by atoms with Crippen LogP contribution in [0.25, 0.3) is 11.1 Å². The highest BCUT2D eigenvalue weighted by molar-refractivity contribution is 5.81. The van der Waals surface area contributed by atoms with Crippen molar-refractivity contribution in [1.29, 1.82) is 0 Å². The molecule has 0 aliphatic heterocycles. The molecule has 1 fully saturated rings. The van der Waals surface area contributed by atoms with Crippen LogP contribution in [0.4, 0.5) is 5.82 Å². The summed E-state index contributed by atoms with van der Waals surface area (Å²) in [4.78, 5) is 0. The first-order valence-electron chi connectivity index (χ1n) is 6.75. The van der Waals surface area contributed by atoms with Crippen molar-refractivity contribution in [2.45, 2.75) is 32.1 Å². The van der Waals surface area contributed by atoms with E-state index in [0.717, 1.165) is 29.0 Å². The zero-order valence-electron chi connectivity index (χ0n) is 11.4. The van der Waals surface area contributed by atoms with Crippen LogP contribution >= 0.6 is 0 Å². The van der Waals surface area contributed by atoms with E-state index in [1.807, 2.05) is 6.07 Å². The molecule has 0 atom stereocenters. The summed E-state index contributed by atoms with van der Waals surface area (Å²) in [5.74, 6) is 2.00. The Balaban J connectivity index is 2.17. The van der Waals surface area contributed by atoms with Crippen LogP contribution in [-0.4, -0.2) is 17.3 Å². The molecule has 0 spiro atoms. The summed E-state index contributed by atoms with van der Waals surface area (Å²) in [5.41, 5.74) is 10.6. The van der Waals surface area contributed by atoms with Crippen molar-refractivity contribution in [2.24, 2.45) is 0 Å². The van der Waals surface area contributed by atoms with E-state index in [-0.39, 0.29) is 0 Å². The van der Waals surface area contributed by atoms with Crippen LogP contribution in [-0.2, 0) is 6.42 Å². The number of aromatic amines is 1. The zero-order valence-corrected chi connectivity index (χ0v) is 11.4. The molecule has 1 aliphatic carbocycles. The van der Waals surface area contributed by atoms with Crippen LogP contribution in [0.5, 0.6) is 5.75 Å². The van der Waals surface area contributed by atoms with Crippen molar-refractivity contribution < 1.29 is 4.74 Å². The summed E-state index contributed by atoms with van der Waals surface area (Å²) in [5, 5.41) is 7.28. The van der Waals surface area contributed by atoms with Crippen molar-refractivity contribution in [3.8, 4) is 16.9 Å². The Hall–Kier alpha value is -1.97. The topological polar surface area (TPSA) is 63.9 Å². The number of rotatable bonds is 4. The lowest BCUT2D eigenvalue weighted by atomic mass is 9.99. The molecule has 1 aromatic heterocycles. The lowest BCUT2D eigenvalue weighted by Crippen LogP contribution is -1.95. The third-order valence-electron chi connectivity index (χ3n) is 3.75. The molecule has 0 bridgehead atoms. The molecular weight excluding hydrogens is 238 g/mol. The smallest absolute Gasteiger partial charge is 0.153 e. The van der Waals surface area contributed by atoms with E-state index in [9.17, 15) is 0 Å². The van der Waals surface area contributed by atoms with E-state index in [1.54, 1.807) is 7.11 Å². The van der Waals surface area contributed by atoms with Gasteiger partial charge in [-0.1, -0.05) is 13.0 Å². The molecular formula is C15H19N3O. The molecule has 0 saturated heterocycles. The molecule has 4 nitrogen and oxygen atoms in total. The van der Waals surface area contributed by atoms with Crippen LogP contribution in [0.3, 0.4) is 0 Å². The highest BCUT2D eigenvalue weighted by atomic mass is 16.5. The fraction of sp³-hybridized carbons (Fsp3) is 0.400. The van der Waals surface area contributed by atoms with Crippen LogP contribution in [0.15, 0.2) is 18.2 Å². The van der Waals surface area contributed by atoms with E-state index in [0.29, 0.717) is 11.7 Å². The predicted octanol–water partition coefficient (Wildman–Crippen LogP) is 3.11. The average Bonchev–Trinajstić information content (AvgIpc) is 3.21. The first-order valence-corrected chi connectivity index (χ1v) is 6.75. The molecule has 1 aliphatic rings. The summed E-state index contributed by atoms with van der Waals surface area (Å²) in [6.07, 6.45) is 3.42. The molecule has 0 amide bonds. The van der Waals surface area contributed by atoms with Gasteiger partial charge in [0.05, 0.1) is 12.7 Å². The lowest BCUT2D eigenvalue weighted by Gasteiger charge is -2.11. The summed E-state index contributed by atoms with van der Waals surface area (Å²) >= 11 is 0. The van der Waals surface area contributed by atoms with Gasteiger partial charge in [-0.2, -0.15) is 5.10 Å². The van der Waals surface area contributed by atoms with Gasteiger partial charge in [0.1, 0.15) is 5.75 Å². The number of hydrogen-bond acceptors (Lipinski definition) is 3. The first kappa shape index (κ1) is 12.1. The van der Waals surface area contributed by atoms with E-state index < -0.39 is 0 Å². The second-order valence-corrected chi connectivity index (χ2v) is 5.06. The van der Waals surface area contributed by atoms with Crippen molar-refractivity contribution >= 4 is 5.82 Å². The highest BCUT2D eigenvalue weighted by Gasteiger charge is 2.30. The number of nitrogens with zero attached hydrogens (tertiary/aromatic N) is 1. The summed E-state index contributed by atoms with van der Waals surface area (Å²) in [6.45, 7) is 2.14. The number of nitrogen functional groups attached to an aromatic ring is 1. The molecule has 19 heavy (non-hydrogen) atoms. The molecule has 2 aromatic rings. The number of aromatic nitrogens is 2. The van der Waals surface area contributed by atoms with E-state index in [1.165, 1.54) is 18.4 Å². The lowest BCUT2D eigenvalue weighted by molar-refractivity contribution is 0.416. The zero-order chi connectivity index (χ0) is 13.4. The number of aryl methyl sites for hydroxylation is 1. The summed E-state index contributed by atoms with van der Waals surface area (Å²) in [6, 6.07) is 6.26. The first-order chi connectivity index (χ1) is 9.24. The van der Waals surface area contributed by atoms with Gasteiger partial charge in [0.15, 0.2) is 5.82 Å². The molecule has 1 aromatic carbocycles. The Morgan fingerprint density at radius 1 is 1.42 bits per heavy atom. The standard InChI is InChI=1S/C15H19N3O/c1-3-9-4-7-12(19-2)11(8-9)13-14(10-5-6-10)17-18-15(13)16/h4,7-8,10H,3,5-6H2,1-2H3,(H3,16,17,18). The predicted molar refractivity (Wildman–Crippen MR) is 76.3 cm³/mol. The maximum atomic E-state index is 6.06. The number of methoxy groups -OCH3 is 1. The quantitative estimate of drug-likeness (QED) is 0.884. The van der Waals surface area contributed by atoms with Crippen LogP contribution in [0.1, 0.15) is 36.9 Å². The second kappa shape index (κ2) is 4.61. The van der Waals surface area contributed by atoms with Gasteiger partial charge in [0, 0.05) is 17.2 Å². The van der Waals surface area contributed by atoms with Gasteiger partial charge in [-0.15, -0.1) is 0 Å². The number of nitrogens with one attached hydrogen (secondary N) is 1. The Morgan fingerprint density at radius 2 is 2.21 bits per heavy atom. The third kappa shape index (κ3) is 2.07. The minimum atomic E-state index is 0.563. The number of anilines is 1. The van der Waals surface area contributed by atoms with Crippen LogP contribution < -0.4 is 10.5 Å². The Morgan fingerprint density at radius 3 is 2.84 bits per heavy atom. The van der Waals surface area contributed by atoms with Gasteiger partial charge in [0.2, 0.25) is 0 Å². The molecule has 3 N–H and O–H groups in total. The van der Waals surface area contributed by atoms with Gasteiger partial charge < -0.3 is 10.5 Å². The number of benzene rings is 1. The van der Waals surface area contributed by atoms with Gasteiger partial charge >= 0.3 is 0 Å². The second-order valence-electron chi connectivity index (χ2n) is 5.06. The minimum absolute atomic E-state index is 0.563. The summed E-state index contributed by atoms with van der Waals surface area (Å²) < 4.78 is 5.48. The number of nitrogens with two attached hydrogens (primary N) is 1. The molecule has 0 unspecified atom stereocenters. The highest BCUT2D eigenvalue weighted by Crippen LogP contribution is 2.47. The van der Waals surface area contributed by atoms with Crippen molar-refractivity contribution in [3.05, 3.63) is 29.5 Å². The fourth-order valence-corrected chi connectivity index (χ4v) is 2.49. The van der Waals surface area contributed by atoms with E-state index in [4.69, 9.17) is 10.5 Å². The molecule has 1 saturated carbocycles. The average molecular weight is 257 g/mol. The largest absolute Gasteiger partial charge is 0.496 e. The van der Waals surface area contributed by atoms with Crippen LogP contribution in [0, 0.1) is 0 Å². The third-order valence-corrected chi connectivity index (χ3v) is 3.75. The van der Waals surface area contributed by atoms with Gasteiger partial charge in [-0.05, 0) is 37.0 Å². The maximum Gasteiger partial charge on any atom is 0.153 e. The monoisotopic (exact) mass is 257 g/mol. The summed E-state index contributed by atoms with van der Waals surface area (Å²) in [7, 11) is 1.69. The SMILES string of the molecule is CCc1ccc(OC)c(-c2c(N)n[nH]c2C2CC2)c1. The van der Waals surface area contributed by atoms with Crippen molar-refractivity contribution in [3.63, 3.8) is 0 Å². The Kier molecular flexibility index (Phi) is 2.93. The maximum absolute atomic E-state index is 6.06. The minimum Gasteiger partial charge on any atom is -0.496 e. The normalized spacial score (nSPS) is 14.6. The Bertz CT molecular complexity index is 599. The van der Waals surface area contributed by atoms with Crippen LogP contribution in [0.2, 0.25) is 0 Å². The van der Waals surface area contributed by atoms with Gasteiger partial charge in [0.25, 0.3) is 0 Å². The van der Waals surface area contributed by atoms with Gasteiger partial charge in [-0.3, -0.25) is 5.10 Å². The number of ether oxygens (including phenoxy) is 1. The van der Waals surface area contributed by atoms with E-state index in [2.05, 4.69) is 29.3 Å². The Labute approximate surface area is 113 Å². The van der Waals surface area contributed by atoms with E-state index >= 15 is 0 Å². The molecule has 3 rings (SSSR count). The molecule has 0 radical (unpaired) electrons.